The summed E-state index contributed by atoms with van der Waals surface area (Å²) in [5, 5.41) is 11.9. The number of nitrogens with zero attached hydrogens (tertiary/aromatic N) is 1. The minimum Gasteiger partial charge on any atom is -0.481 e. The van der Waals surface area contributed by atoms with Crippen LogP contribution in [0, 0.1) is 5.41 Å². The first kappa shape index (κ1) is 12.6. The lowest BCUT2D eigenvalue weighted by molar-refractivity contribution is -0.139. The van der Waals surface area contributed by atoms with Crippen molar-refractivity contribution in [2.75, 3.05) is 6.54 Å². The molecule has 4 heteroatoms. The molecule has 0 atom stereocenters. The zero-order valence-electron chi connectivity index (χ0n) is 9.73. The van der Waals surface area contributed by atoms with Gasteiger partial charge in [-0.25, -0.2) is 0 Å². The van der Waals surface area contributed by atoms with Crippen LogP contribution in [0.25, 0.3) is 0 Å². The highest BCUT2D eigenvalue weighted by atomic mass is 16.4. The molecule has 1 rings (SSSR count). The van der Waals surface area contributed by atoms with Gasteiger partial charge < -0.3 is 10.4 Å². The van der Waals surface area contributed by atoms with Crippen LogP contribution in [0.4, 0.5) is 0 Å². The van der Waals surface area contributed by atoms with Crippen molar-refractivity contribution in [2.45, 2.75) is 26.8 Å². The highest BCUT2D eigenvalue weighted by Gasteiger charge is 2.20. The number of carboxylic acid groups (broad SMARTS) is 1. The third-order valence-corrected chi connectivity index (χ3v) is 2.27. The lowest BCUT2D eigenvalue weighted by Crippen LogP contribution is -2.31. The number of pyridine rings is 1. The first-order valence-corrected chi connectivity index (χ1v) is 5.32. The summed E-state index contributed by atoms with van der Waals surface area (Å²) in [6.45, 7) is 5.21. The number of rotatable bonds is 6. The average molecular weight is 222 g/mol. The predicted octanol–water partition coefficient (Wildman–Crippen LogP) is 1.67. The maximum absolute atomic E-state index is 10.6. The Morgan fingerprint density at radius 1 is 1.50 bits per heavy atom. The molecule has 1 aromatic heterocycles. The minimum absolute atomic E-state index is 0.169. The summed E-state index contributed by atoms with van der Waals surface area (Å²) in [6, 6.07) is 5.75. The normalized spacial score (nSPS) is 11.4. The molecule has 2 N–H and O–H groups in total. The maximum Gasteiger partial charge on any atom is 0.303 e. The van der Waals surface area contributed by atoms with Gasteiger partial charge in [-0.15, -0.1) is 0 Å². The smallest absolute Gasteiger partial charge is 0.303 e. The quantitative estimate of drug-likeness (QED) is 0.768. The summed E-state index contributed by atoms with van der Waals surface area (Å²) < 4.78 is 0. The second-order valence-electron chi connectivity index (χ2n) is 4.66. The van der Waals surface area contributed by atoms with Crippen molar-refractivity contribution in [1.82, 2.24) is 10.3 Å². The van der Waals surface area contributed by atoms with Crippen LogP contribution in [-0.2, 0) is 11.3 Å². The zero-order chi connectivity index (χ0) is 12.0. The van der Waals surface area contributed by atoms with Crippen LogP contribution in [0.3, 0.4) is 0 Å². The molecule has 0 aliphatic rings. The highest BCUT2D eigenvalue weighted by Crippen LogP contribution is 2.18. The van der Waals surface area contributed by atoms with Crippen molar-refractivity contribution in [3.8, 4) is 0 Å². The van der Waals surface area contributed by atoms with E-state index < -0.39 is 5.97 Å². The lowest BCUT2D eigenvalue weighted by Gasteiger charge is -2.22. The van der Waals surface area contributed by atoms with Crippen molar-refractivity contribution < 1.29 is 9.90 Å². The van der Waals surface area contributed by atoms with Gasteiger partial charge in [0.05, 0.1) is 12.1 Å². The van der Waals surface area contributed by atoms with Gasteiger partial charge in [0, 0.05) is 19.3 Å². The van der Waals surface area contributed by atoms with Crippen molar-refractivity contribution in [2.24, 2.45) is 5.41 Å². The Balaban J connectivity index is 2.32. The van der Waals surface area contributed by atoms with Gasteiger partial charge >= 0.3 is 5.97 Å². The fourth-order valence-corrected chi connectivity index (χ4v) is 1.50. The topological polar surface area (TPSA) is 62.2 Å². The molecule has 0 fully saturated rings. The summed E-state index contributed by atoms with van der Waals surface area (Å²) in [4.78, 5) is 14.8. The largest absolute Gasteiger partial charge is 0.481 e. The van der Waals surface area contributed by atoms with Crippen LogP contribution in [0.2, 0.25) is 0 Å². The second kappa shape index (κ2) is 5.61. The summed E-state index contributed by atoms with van der Waals surface area (Å²) in [5.74, 6) is -0.760. The van der Waals surface area contributed by atoms with E-state index >= 15 is 0 Å². The van der Waals surface area contributed by atoms with E-state index in [0.717, 1.165) is 5.69 Å². The molecule has 16 heavy (non-hydrogen) atoms. The number of carbonyl (C=O) groups is 1. The zero-order valence-corrected chi connectivity index (χ0v) is 9.73. The average Bonchev–Trinajstić information content (AvgIpc) is 2.16. The first-order valence-electron chi connectivity index (χ1n) is 5.32. The molecule has 0 amide bonds. The summed E-state index contributed by atoms with van der Waals surface area (Å²) >= 11 is 0. The molecule has 0 saturated carbocycles. The third kappa shape index (κ3) is 4.89. The van der Waals surface area contributed by atoms with Gasteiger partial charge in [0.2, 0.25) is 0 Å². The Morgan fingerprint density at radius 2 is 2.25 bits per heavy atom. The molecule has 0 bridgehead atoms. The molecular formula is C12H18N2O2. The van der Waals surface area contributed by atoms with E-state index in [2.05, 4.69) is 10.3 Å². The molecule has 1 heterocycles. The van der Waals surface area contributed by atoms with E-state index in [1.165, 1.54) is 0 Å². The van der Waals surface area contributed by atoms with E-state index in [1.54, 1.807) is 6.20 Å². The Kier molecular flexibility index (Phi) is 4.43. The molecule has 0 radical (unpaired) electrons. The van der Waals surface area contributed by atoms with E-state index in [-0.39, 0.29) is 11.8 Å². The SMILES string of the molecule is CC(C)(CNCc1ccccn1)CC(=O)O. The van der Waals surface area contributed by atoms with Crippen molar-refractivity contribution in [1.29, 1.82) is 0 Å². The van der Waals surface area contributed by atoms with E-state index in [4.69, 9.17) is 5.11 Å². The van der Waals surface area contributed by atoms with Crippen molar-refractivity contribution in [3.05, 3.63) is 30.1 Å². The van der Waals surface area contributed by atoms with Gasteiger partial charge in [-0.1, -0.05) is 19.9 Å². The number of carboxylic acids is 1. The molecule has 88 valence electrons. The molecule has 0 aliphatic heterocycles. The summed E-state index contributed by atoms with van der Waals surface area (Å²) in [7, 11) is 0. The minimum atomic E-state index is -0.760. The van der Waals surface area contributed by atoms with Crippen LogP contribution in [0.15, 0.2) is 24.4 Å². The van der Waals surface area contributed by atoms with E-state index in [1.807, 2.05) is 32.0 Å². The van der Waals surface area contributed by atoms with Crippen LogP contribution < -0.4 is 5.32 Å². The summed E-state index contributed by atoms with van der Waals surface area (Å²) in [5.41, 5.74) is 0.731. The third-order valence-electron chi connectivity index (χ3n) is 2.27. The number of hydrogen-bond donors (Lipinski definition) is 2. The standard InChI is InChI=1S/C12H18N2O2/c1-12(2,7-11(15)16)9-13-8-10-5-3-4-6-14-10/h3-6,13H,7-9H2,1-2H3,(H,15,16). The fourth-order valence-electron chi connectivity index (χ4n) is 1.50. The molecule has 4 nitrogen and oxygen atoms in total. The first-order chi connectivity index (χ1) is 7.49. The predicted molar refractivity (Wildman–Crippen MR) is 62.0 cm³/mol. The van der Waals surface area contributed by atoms with E-state index in [9.17, 15) is 4.79 Å². The number of aliphatic carboxylic acids is 1. The van der Waals surface area contributed by atoms with Gasteiger partial charge in [0.15, 0.2) is 0 Å². The number of nitrogens with one attached hydrogen (secondary N) is 1. The van der Waals surface area contributed by atoms with Gasteiger partial charge in [-0.2, -0.15) is 0 Å². The van der Waals surface area contributed by atoms with Crippen LogP contribution in [0.5, 0.6) is 0 Å². The second-order valence-corrected chi connectivity index (χ2v) is 4.66. The molecule has 0 unspecified atom stereocenters. The molecule has 0 aliphatic carbocycles. The van der Waals surface area contributed by atoms with Crippen molar-refractivity contribution in [3.63, 3.8) is 0 Å². The van der Waals surface area contributed by atoms with E-state index in [0.29, 0.717) is 13.1 Å². The van der Waals surface area contributed by atoms with Crippen LogP contribution in [-0.4, -0.2) is 22.6 Å². The Labute approximate surface area is 95.7 Å². The Hall–Kier alpha value is -1.42. The molecule has 0 saturated heterocycles. The molecule has 1 aromatic rings. The van der Waals surface area contributed by atoms with Gasteiger partial charge in [-0.05, 0) is 17.5 Å². The molecular weight excluding hydrogens is 204 g/mol. The lowest BCUT2D eigenvalue weighted by atomic mass is 9.89. The van der Waals surface area contributed by atoms with Gasteiger partial charge in [0.1, 0.15) is 0 Å². The maximum atomic E-state index is 10.6. The molecule has 0 aromatic carbocycles. The fraction of sp³-hybridized carbons (Fsp3) is 0.500. The van der Waals surface area contributed by atoms with Crippen molar-refractivity contribution >= 4 is 5.97 Å². The van der Waals surface area contributed by atoms with Crippen LogP contribution >= 0.6 is 0 Å². The number of aromatic nitrogens is 1. The summed E-state index contributed by atoms with van der Waals surface area (Å²) in [6.07, 6.45) is 1.92. The highest BCUT2D eigenvalue weighted by molar-refractivity contribution is 5.67. The Morgan fingerprint density at radius 3 is 2.81 bits per heavy atom. The number of hydrogen-bond acceptors (Lipinski definition) is 3. The Bertz CT molecular complexity index is 336. The van der Waals surface area contributed by atoms with Crippen LogP contribution in [0.1, 0.15) is 26.0 Å². The van der Waals surface area contributed by atoms with Gasteiger partial charge in [0.25, 0.3) is 0 Å². The molecule has 0 spiro atoms. The monoisotopic (exact) mass is 222 g/mol. The van der Waals surface area contributed by atoms with Gasteiger partial charge in [-0.3, -0.25) is 9.78 Å².